The number of hydrogen-bond acceptors (Lipinski definition) is 4. The Morgan fingerprint density at radius 3 is 2.70 bits per heavy atom. The highest BCUT2D eigenvalue weighted by Crippen LogP contribution is 2.24. The average molecular weight is 379 g/mol. The van der Waals surface area contributed by atoms with E-state index in [-0.39, 0.29) is 22.7 Å². The summed E-state index contributed by atoms with van der Waals surface area (Å²) in [6, 6.07) is 4.22. The highest BCUT2D eigenvalue weighted by molar-refractivity contribution is 9.10. The molecule has 4 nitrogen and oxygen atoms in total. The predicted molar refractivity (Wildman–Crippen MR) is 81.6 cm³/mol. The molecule has 0 amide bonds. The molecule has 8 heteroatoms. The zero-order chi connectivity index (χ0) is 14.9. The number of aryl methyl sites for hydroxylation is 1. The lowest BCUT2D eigenvalue weighted by Crippen LogP contribution is -2.23. The molecule has 0 bridgehead atoms. The summed E-state index contributed by atoms with van der Waals surface area (Å²) in [6.45, 7) is 1.64. The predicted octanol–water partition coefficient (Wildman–Crippen LogP) is 3.02. The molecule has 0 atom stereocenters. The number of thiophene rings is 1. The van der Waals surface area contributed by atoms with Crippen LogP contribution in [-0.2, 0) is 16.6 Å². The molecule has 2 aromatic rings. The zero-order valence-electron chi connectivity index (χ0n) is 10.5. The van der Waals surface area contributed by atoms with Gasteiger partial charge in [0, 0.05) is 15.9 Å². The molecular formula is C12H12BrFN2O2S2. The van der Waals surface area contributed by atoms with E-state index in [1.165, 1.54) is 24.3 Å². The van der Waals surface area contributed by atoms with Crippen LogP contribution in [0.4, 0.5) is 10.1 Å². The van der Waals surface area contributed by atoms with Crippen molar-refractivity contribution in [1.82, 2.24) is 4.72 Å². The van der Waals surface area contributed by atoms with Gasteiger partial charge in [-0.3, -0.25) is 0 Å². The Kier molecular flexibility index (Phi) is 4.48. The Balaban J connectivity index is 2.25. The van der Waals surface area contributed by atoms with Gasteiger partial charge in [0.25, 0.3) is 0 Å². The molecule has 3 N–H and O–H groups in total. The summed E-state index contributed by atoms with van der Waals surface area (Å²) in [7, 11) is -3.73. The monoisotopic (exact) mass is 378 g/mol. The smallest absolute Gasteiger partial charge is 0.240 e. The molecule has 0 unspecified atom stereocenters. The Hall–Kier alpha value is -0.960. The van der Waals surface area contributed by atoms with Crippen molar-refractivity contribution in [2.24, 2.45) is 0 Å². The highest BCUT2D eigenvalue weighted by atomic mass is 79.9. The second kappa shape index (κ2) is 5.80. The van der Waals surface area contributed by atoms with Crippen molar-refractivity contribution in [3.8, 4) is 0 Å². The van der Waals surface area contributed by atoms with E-state index < -0.39 is 15.8 Å². The van der Waals surface area contributed by atoms with E-state index in [0.29, 0.717) is 0 Å². The summed E-state index contributed by atoms with van der Waals surface area (Å²) in [5.74, 6) is -0.593. The number of hydrogen-bond donors (Lipinski definition) is 2. The van der Waals surface area contributed by atoms with Crippen LogP contribution in [0.3, 0.4) is 0 Å². The van der Waals surface area contributed by atoms with Crippen molar-refractivity contribution in [3.05, 3.63) is 44.3 Å². The fraction of sp³-hybridized carbons (Fsp3) is 0.167. The van der Waals surface area contributed by atoms with E-state index in [4.69, 9.17) is 5.73 Å². The number of nitrogens with one attached hydrogen (secondary N) is 1. The third-order valence-corrected chi connectivity index (χ3v) is 5.99. The van der Waals surface area contributed by atoms with Gasteiger partial charge in [-0.25, -0.2) is 17.5 Å². The number of sulfonamides is 1. The number of anilines is 1. The molecule has 1 aromatic heterocycles. The maximum atomic E-state index is 13.4. The second-order valence-corrected chi connectivity index (χ2v) is 7.78. The minimum absolute atomic E-state index is 0.0402. The van der Waals surface area contributed by atoms with Gasteiger partial charge in [0.05, 0.1) is 10.6 Å². The Morgan fingerprint density at radius 1 is 1.45 bits per heavy atom. The molecule has 0 saturated heterocycles. The van der Waals surface area contributed by atoms with Gasteiger partial charge < -0.3 is 5.73 Å². The van der Waals surface area contributed by atoms with Crippen molar-refractivity contribution in [2.45, 2.75) is 18.4 Å². The maximum Gasteiger partial charge on any atom is 0.240 e. The van der Waals surface area contributed by atoms with Crippen LogP contribution in [-0.4, -0.2) is 8.42 Å². The first-order chi connectivity index (χ1) is 9.31. The number of rotatable bonds is 4. The Bertz CT molecular complexity index is 721. The quantitative estimate of drug-likeness (QED) is 0.803. The van der Waals surface area contributed by atoms with Crippen LogP contribution in [0.15, 0.2) is 32.9 Å². The Labute approximate surface area is 129 Å². The molecular weight excluding hydrogens is 367 g/mol. The summed E-state index contributed by atoms with van der Waals surface area (Å²) in [5.41, 5.74) is 5.48. The van der Waals surface area contributed by atoms with Gasteiger partial charge in [-0.15, -0.1) is 11.3 Å². The van der Waals surface area contributed by atoms with Crippen LogP contribution in [0.1, 0.15) is 10.4 Å². The zero-order valence-corrected chi connectivity index (χ0v) is 13.7. The molecule has 0 aliphatic heterocycles. The molecule has 108 valence electrons. The molecule has 20 heavy (non-hydrogen) atoms. The van der Waals surface area contributed by atoms with Crippen LogP contribution in [0.5, 0.6) is 0 Å². The summed E-state index contributed by atoms with van der Waals surface area (Å²) in [5, 5.41) is 1.85. The summed E-state index contributed by atoms with van der Waals surface area (Å²) >= 11 is 4.76. The maximum absolute atomic E-state index is 13.4. The van der Waals surface area contributed by atoms with Crippen LogP contribution in [0.25, 0.3) is 0 Å². The number of halogens is 2. The molecule has 2 rings (SSSR count). The Morgan fingerprint density at radius 2 is 2.15 bits per heavy atom. The van der Waals surface area contributed by atoms with Crippen LogP contribution >= 0.6 is 27.3 Å². The molecule has 0 aliphatic rings. The largest absolute Gasteiger partial charge is 0.396 e. The van der Waals surface area contributed by atoms with Gasteiger partial charge >= 0.3 is 0 Å². The van der Waals surface area contributed by atoms with Gasteiger partial charge in [0.15, 0.2) is 0 Å². The number of benzene rings is 1. The first-order valence-electron chi connectivity index (χ1n) is 5.58. The molecule has 0 saturated carbocycles. The van der Waals surface area contributed by atoms with Gasteiger partial charge in [-0.1, -0.05) is 0 Å². The number of nitrogens with two attached hydrogens (primary N) is 1. The van der Waals surface area contributed by atoms with Crippen molar-refractivity contribution in [2.75, 3.05) is 5.73 Å². The van der Waals surface area contributed by atoms with Crippen LogP contribution in [0, 0.1) is 12.7 Å². The summed E-state index contributed by atoms with van der Waals surface area (Å²) in [6.07, 6.45) is 0. The second-order valence-electron chi connectivity index (χ2n) is 4.16. The summed E-state index contributed by atoms with van der Waals surface area (Å²) < 4.78 is 41.0. The molecule has 0 fully saturated rings. The molecule has 0 spiro atoms. The van der Waals surface area contributed by atoms with E-state index in [2.05, 4.69) is 20.7 Å². The third kappa shape index (κ3) is 3.20. The third-order valence-electron chi connectivity index (χ3n) is 2.68. The van der Waals surface area contributed by atoms with E-state index in [1.54, 1.807) is 0 Å². The van der Waals surface area contributed by atoms with Crippen LogP contribution < -0.4 is 10.5 Å². The lowest BCUT2D eigenvalue weighted by atomic mass is 10.2. The van der Waals surface area contributed by atoms with Gasteiger partial charge in [0.1, 0.15) is 5.82 Å². The van der Waals surface area contributed by atoms with Gasteiger partial charge in [-0.2, -0.15) is 0 Å². The first kappa shape index (κ1) is 15.4. The SMILES string of the molecule is Cc1cc(S(=O)(=O)NCc2sccc2Br)cc(N)c1F. The minimum Gasteiger partial charge on any atom is -0.396 e. The topological polar surface area (TPSA) is 72.2 Å². The lowest BCUT2D eigenvalue weighted by Gasteiger charge is -2.09. The van der Waals surface area contributed by atoms with E-state index >= 15 is 0 Å². The fourth-order valence-corrected chi connectivity index (χ4v) is 4.25. The number of nitrogen functional groups attached to an aromatic ring is 1. The normalized spacial score (nSPS) is 11.8. The van der Waals surface area contributed by atoms with Crippen LogP contribution in [0.2, 0.25) is 0 Å². The van der Waals surface area contributed by atoms with E-state index in [9.17, 15) is 12.8 Å². The lowest BCUT2D eigenvalue weighted by molar-refractivity contribution is 0.580. The van der Waals surface area contributed by atoms with Crippen molar-refractivity contribution in [1.29, 1.82) is 0 Å². The fourth-order valence-electron chi connectivity index (χ4n) is 1.61. The van der Waals surface area contributed by atoms with Crippen molar-refractivity contribution >= 4 is 43.0 Å². The summed E-state index contributed by atoms with van der Waals surface area (Å²) in [4.78, 5) is 0.821. The molecule has 1 aromatic carbocycles. The van der Waals surface area contributed by atoms with Gasteiger partial charge in [-0.05, 0) is 52.0 Å². The molecule has 0 radical (unpaired) electrons. The average Bonchev–Trinajstić information content (AvgIpc) is 2.78. The highest BCUT2D eigenvalue weighted by Gasteiger charge is 2.17. The van der Waals surface area contributed by atoms with E-state index in [0.717, 1.165) is 15.4 Å². The molecule has 1 heterocycles. The van der Waals surface area contributed by atoms with Crippen molar-refractivity contribution in [3.63, 3.8) is 0 Å². The first-order valence-corrected chi connectivity index (χ1v) is 8.74. The van der Waals surface area contributed by atoms with Crippen molar-refractivity contribution < 1.29 is 12.8 Å². The molecule has 0 aliphatic carbocycles. The standard InChI is InChI=1S/C12H12BrFN2O2S2/c1-7-4-8(5-10(15)12(7)14)20(17,18)16-6-11-9(13)2-3-19-11/h2-5,16H,6,15H2,1H3. The van der Waals surface area contributed by atoms with Gasteiger partial charge in [0.2, 0.25) is 10.0 Å². The van der Waals surface area contributed by atoms with E-state index in [1.807, 2.05) is 11.4 Å². The minimum atomic E-state index is -3.73.